The molecule has 3 rings (SSSR count). The van der Waals surface area contributed by atoms with Gasteiger partial charge in [-0.25, -0.2) is 0 Å². The number of rotatable bonds is 8. The topological polar surface area (TPSA) is 146 Å². The second kappa shape index (κ2) is 9.31. The van der Waals surface area contributed by atoms with Gasteiger partial charge < -0.3 is 40.4 Å². The molecule has 160 valence electrons. The van der Waals surface area contributed by atoms with E-state index in [1.807, 2.05) is 6.92 Å². The normalized spacial score (nSPS) is 18.7. The highest BCUT2D eigenvalue weighted by molar-refractivity contribution is 6.44. The molecular formula is C19H29BN2O7. The van der Waals surface area contributed by atoms with E-state index >= 15 is 0 Å². The maximum absolute atomic E-state index is 12.3. The Labute approximate surface area is 170 Å². The Morgan fingerprint density at radius 3 is 2.72 bits per heavy atom. The van der Waals surface area contributed by atoms with Crippen molar-refractivity contribution in [2.24, 2.45) is 11.7 Å². The maximum atomic E-state index is 12.3. The van der Waals surface area contributed by atoms with Gasteiger partial charge in [0.25, 0.3) is 0 Å². The summed E-state index contributed by atoms with van der Waals surface area (Å²) in [6.07, 6.45) is -0.390. The average molecular weight is 408 g/mol. The van der Waals surface area contributed by atoms with Crippen LogP contribution in [0.5, 0.6) is 11.5 Å². The number of carbonyl (C=O) groups is 1. The van der Waals surface area contributed by atoms with Crippen LogP contribution in [0.3, 0.4) is 0 Å². The summed E-state index contributed by atoms with van der Waals surface area (Å²) in [5, 5.41) is 38.5. The molecule has 2 atom stereocenters. The van der Waals surface area contributed by atoms with Crippen molar-refractivity contribution in [1.82, 2.24) is 4.90 Å². The minimum atomic E-state index is -1.80. The maximum Gasteiger partial charge on any atom is 0.522 e. The summed E-state index contributed by atoms with van der Waals surface area (Å²) < 4.78 is 11.3. The van der Waals surface area contributed by atoms with Crippen LogP contribution in [0.4, 0.5) is 0 Å². The molecule has 1 fully saturated rings. The number of hydrogen-bond acceptors (Lipinski definition) is 8. The molecule has 0 aromatic heterocycles. The van der Waals surface area contributed by atoms with Crippen molar-refractivity contribution in [2.45, 2.75) is 57.5 Å². The third-order valence-corrected chi connectivity index (χ3v) is 5.38. The Morgan fingerprint density at radius 1 is 1.34 bits per heavy atom. The van der Waals surface area contributed by atoms with Crippen LogP contribution in [0.15, 0.2) is 12.1 Å². The second-order valence-electron chi connectivity index (χ2n) is 7.94. The molecule has 1 amide bonds. The zero-order valence-electron chi connectivity index (χ0n) is 16.5. The molecule has 6 N–H and O–H groups in total. The highest BCUT2D eigenvalue weighted by Crippen LogP contribution is 2.40. The van der Waals surface area contributed by atoms with E-state index in [0.29, 0.717) is 45.1 Å². The molecule has 0 radical (unpaired) electrons. The zero-order valence-corrected chi connectivity index (χ0v) is 16.5. The molecular weight excluding hydrogens is 379 g/mol. The Hall–Kier alpha value is -1.85. The number of aliphatic hydroxyl groups excluding tert-OH is 2. The van der Waals surface area contributed by atoms with Gasteiger partial charge in [-0.3, -0.25) is 4.79 Å². The number of nitrogens with two attached hydrogens (primary N) is 1. The van der Waals surface area contributed by atoms with Gasteiger partial charge >= 0.3 is 7.12 Å². The average Bonchev–Trinajstić information content (AvgIpc) is 2.61. The number of hydrogen-bond donors (Lipinski definition) is 5. The fraction of sp³-hybridized carbons (Fsp3) is 0.632. The van der Waals surface area contributed by atoms with Crippen molar-refractivity contribution >= 4 is 13.0 Å². The predicted octanol–water partition coefficient (Wildman–Crippen LogP) is -0.242. The summed E-state index contributed by atoms with van der Waals surface area (Å²) in [5.74, 6) is 0.666. The molecule has 9 nitrogen and oxygen atoms in total. The van der Waals surface area contributed by atoms with Crippen LogP contribution in [0.2, 0.25) is 6.32 Å². The van der Waals surface area contributed by atoms with Crippen LogP contribution in [-0.2, 0) is 11.2 Å². The first-order valence-corrected chi connectivity index (χ1v) is 9.99. The van der Waals surface area contributed by atoms with Gasteiger partial charge in [0.15, 0.2) is 6.29 Å². The molecule has 0 bridgehead atoms. The van der Waals surface area contributed by atoms with Crippen molar-refractivity contribution in [3.63, 3.8) is 0 Å². The number of nitrogens with zero attached hydrogens (tertiary/aromatic N) is 1. The lowest BCUT2D eigenvalue weighted by Crippen LogP contribution is -2.56. The number of amides is 1. The highest BCUT2D eigenvalue weighted by Gasteiger charge is 2.35. The van der Waals surface area contributed by atoms with Gasteiger partial charge in [0, 0.05) is 6.42 Å². The van der Waals surface area contributed by atoms with E-state index in [4.69, 9.17) is 20.2 Å². The molecule has 2 aliphatic heterocycles. The van der Waals surface area contributed by atoms with E-state index in [9.17, 15) is 20.0 Å². The SMILES string of the molecule is C[C@@H](CCC(N)O)CC(=O)N1CC(Oc2ccc3c(c2C(O)O)OB(O)CC3)C1. The quantitative estimate of drug-likeness (QED) is 0.293. The van der Waals surface area contributed by atoms with Crippen molar-refractivity contribution in [3.05, 3.63) is 23.3 Å². The molecule has 29 heavy (non-hydrogen) atoms. The van der Waals surface area contributed by atoms with E-state index < -0.39 is 19.6 Å². The van der Waals surface area contributed by atoms with Crippen LogP contribution in [0.25, 0.3) is 0 Å². The Kier molecular flexibility index (Phi) is 7.02. The van der Waals surface area contributed by atoms with Gasteiger partial charge in [0.2, 0.25) is 5.91 Å². The number of aryl methyl sites for hydroxylation is 1. The summed E-state index contributed by atoms with van der Waals surface area (Å²) >= 11 is 0. The van der Waals surface area contributed by atoms with Crippen molar-refractivity contribution in [3.8, 4) is 11.5 Å². The lowest BCUT2D eigenvalue weighted by atomic mass is 9.78. The number of fused-ring (bicyclic) bond motifs is 1. The molecule has 10 heteroatoms. The fourth-order valence-corrected chi connectivity index (χ4v) is 3.66. The lowest BCUT2D eigenvalue weighted by molar-refractivity contribution is -0.141. The first-order chi connectivity index (χ1) is 13.7. The van der Waals surface area contributed by atoms with E-state index in [-0.39, 0.29) is 35.0 Å². The van der Waals surface area contributed by atoms with E-state index in [1.165, 1.54) is 0 Å². The number of carbonyl (C=O) groups excluding carboxylic acids is 1. The zero-order chi connectivity index (χ0) is 21.1. The number of aliphatic hydroxyl groups is 3. The van der Waals surface area contributed by atoms with Crippen LogP contribution in [-0.4, -0.2) is 63.7 Å². The Balaban J connectivity index is 1.56. The molecule has 2 heterocycles. The van der Waals surface area contributed by atoms with Gasteiger partial charge in [-0.15, -0.1) is 0 Å². The standard InChI is InChI=1S/C19H29BN2O7/c1-11(2-5-15(21)23)8-16(24)22-9-13(10-22)28-14-4-3-12-6-7-20(27)29-18(12)17(14)19(25)26/h3-4,11,13,15,19,23,25-27H,2,5-10,21H2,1H3/t11-,15?/m0/s1. The molecule has 0 aliphatic carbocycles. The van der Waals surface area contributed by atoms with E-state index in [2.05, 4.69) is 0 Å². The minimum Gasteiger partial charge on any atom is -0.535 e. The Morgan fingerprint density at radius 2 is 2.07 bits per heavy atom. The van der Waals surface area contributed by atoms with E-state index in [0.717, 1.165) is 5.56 Å². The molecule has 1 unspecified atom stereocenters. The van der Waals surface area contributed by atoms with Gasteiger partial charge in [-0.1, -0.05) is 13.0 Å². The van der Waals surface area contributed by atoms with Gasteiger partial charge in [-0.05, 0) is 43.1 Å². The summed E-state index contributed by atoms with van der Waals surface area (Å²) in [6, 6.07) is 3.46. The van der Waals surface area contributed by atoms with Crippen LogP contribution >= 0.6 is 0 Å². The molecule has 2 aliphatic rings. The monoisotopic (exact) mass is 408 g/mol. The summed E-state index contributed by atoms with van der Waals surface area (Å²) in [7, 11) is -0.991. The number of benzene rings is 1. The van der Waals surface area contributed by atoms with Gasteiger partial charge in [0.05, 0.1) is 18.7 Å². The van der Waals surface area contributed by atoms with E-state index in [1.54, 1.807) is 17.0 Å². The smallest absolute Gasteiger partial charge is 0.522 e. The van der Waals surface area contributed by atoms with Crippen molar-refractivity contribution < 1.29 is 34.5 Å². The molecule has 1 aromatic carbocycles. The minimum absolute atomic E-state index is 0.0168. The van der Waals surface area contributed by atoms with Crippen LogP contribution in [0, 0.1) is 5.92 Å². The van der Waals surface area contributed by atoms with Crippen LogP contribution in [0.1, 0.15) is 43.6 Å². The second-order valence-corrected chi connectivity index (χ2v) is 7.94. The van der Waals surface area contributed by atoms with Crippen LogP contribution < -0.4 is 15.1 Å². The summed E-state index contributed by atoms with van der Waals surface area (Å²) in [4.78, 5) is 14.0. The van der Waals surface area contributed by atoms with Crippen molar-refractivity contribution in [2.75, 3.05) is 13.1 Å². The summed E-state index contributed by atoms with van der Waals surface area (Å²) in [6.45, 7) is 2.77. The molecule has 0 saturated carbocycles. The lowest BCUT2D eigenvalue weighted by Gasteiger charge is -2.40. The summed E-state index contributed by atoms with van der Waals surface area (Å²) in [5.41, 5.74) is 6.21. The third-order valence-electron chi connectivity index (χ3n) is 5.38. The first kappa shape index (κ1) is 21.9. The van der Waals surface area contributed by atoms with Crippen molar-refractivity contribution in [1.29, 1.82) is 0 Å². The largest absolute Gasteiger partial charge is 0.535 e. The highest BCUT2D eigenvalue weighted by atomic mass is 16.5. The van der Waals surface area contributed by atoms with Gasteiger partial charge in [-0.2, -0.15) is 0 Å². The number of ether oxygens (including phenoxy) is 1. The predicted molar refractivity (Wildman–Crippen MR) is 105 cm³/mol. The first-order valence-electron chi connectivity index (χ1n) is 9.99. The Bertz CT molecular complexity index is 725. The fourth-order valence-electron chi connectivity index (χ4n) is 3.66. The third kappa shape index (κ3) is 5.40. The molecule has 1 saturated heterocycles. The molecule has 1 aromatic rings. The van der Waals surface area contributed by atoms with Gasteiger partial charge in [0.1, 0.15) is 23.8 Å². The number of likely N-dealkylation sites (tertiary alicyclic amines) is 1. The molecule has 0 spiro atoms.